The van der Waals surface area contributed by atoms with E-state index in [9.17, 15) is 14.9 Å². The predicted octanol–water partition coefficient (Wildman–Crippen LogP) is 0.435. The van der Waals surface area contributed by atoms with Crippen LogP contribution in [0.3, 0.4) is 0 Å². The largest absolute Gasteiger partial charge is 0.322 e. The number of nitriles is 2. The van der Waals surface area contributed by atoms with Crippen LogP contribution in [0.4, 0.5) is 0 Å². The van der Waals surface area contributed by atoms with Gasteiger partial charge in [-0.15, -0.1) is 11.6 Å². The maximum absolute atomic E-state index is 12.1. The molecule has 24 heavy (non-hydrogen) atoms. The van der Waals surface area contributed by atoms with E-state index >= 15 is 0 Å². The van der Waals surface area contributed by atoms with E-state index in [1.807, 2.05) is 17.5 Å². The van der Waals surface area contributed by atoms with Crippen LogP contribution < -0.4 is 10.8 Å². The van der Waals surface area contributed by atoms with Crippen molar-refractivity contribution < 1.29 is 9.59 Å². The molecule has 0 radical (unpaired) electrons. The van der Waals surface area contributed by atoms with Crippen molar-refractivity contribution in [3.63, 3.8) is 0 Å². The summed E-state index contributed by atoms with van der Waals surface area (Å²) in [4.78, 5) is 30.9. The molecule has 1 aromatic heterocycles. The van der Waals surface area contributed by atoms with E-state index in [0.29, 0.717) is 17.6 Å². The molecule has 0 fully saturated rings. The number of imide groups is 1. The Bertz CT molecular complexity index is 981. The number of nitrogens with one attached hydrogen (secondary N) is 1. The van der Waals surface area contributed by atoms with Gasteiger partial charge in [-0.1, -0.05) is 0 Å². The first kappa shape index (κ1) is 17.1. The van der Waals surface area contributed by atoms with Crippen molar-refractivity contribution in [2.75, 3.05) is 12.9 Å². The van der Waals surface area contributed by atoms with Gasteiger partial charge >= 0.3 is 0 Å². The van der Waals surface area contributed by atoms with Crippen molar-refractivity contribution in [2.45, 2.75) is 6.54 Å². The second kappa shape index (κ2) is 7.36. The monoisotopic (exact) mass is 342 g/mol. The van der Waals surface area contributed by atoms with Gasteiger partial charge in [0, 0.05) is 19.5 Å². The Kier molecular flexibility index (Phi) is 5.25. The average Bonchev–Trinajstić information content (AvgIpc) is 2.60. The van der Waals surface area contributed by atoms with Crippen molar-refractivity contribution in [1.82, 2.24) is 14.9 Å². The quantitative estimate of drug-likeness (QED) is 0.637. The van der Waals surface area contributed by atoms with Gasteiger partial charge in [-0.3, -0.25) is 19.9 Å². The van der Waals surface area contributed by atoms with Crippen molar-refractivity contribution >= 4 is 35.0 Å². The number of hydrogen-bond acceptors (Lipinski definition) is 6. The summed E-state index contributed by atoms with van der Waals surface area (Å²) in [6.07, 6.45) is 0.249. The first-order valence-corrected chi connectivity index (χ1v) is 7.26. The minimum Gasteiger partial charge on any atom is -0.322 e. The zero-order valence-electron chi connectivity index (χ0n) is 12.6. The first-order chi connectivity index (χ1) is 11.6. The molecule has 1 heterocycles. The van der Waals surface area contributed by atoms with Crippen molar-refractivity contribution in [3.05, 3.63) is 34.4 Å². The lowest BCUT2D eigenvalue weighted by molar-refractivity contribution is -0.108. The Morgan fingerprint density at radius 3 is 2.62 bits per heavy atom. The SMILES string of the molecule is C/N=c1\c(C(=O)NC=O)nc2cc(C#N)c(C#N)cc2n1CCCl. The number of benzene rings is 1. The van der Waals surface area contributed by atoms with Crippen LogP contribution in [0.5, 0.6) is 0 Å². The average molecular weight is 343 g/mol. The third kappa shape index (κ3) is 2.96. The topological polar surface area (TPSA) is 124 Å². The summed E-state index contributed by atoms with van der Waals surface area (Å²) in [6.45, 7) is 0.297. The van der Waals surface area contributed by atoms with Gasteiger partial charge in [0.2, 0.25) is 6.41 Å². The second-order valence-corrected chi connectivity index (χ2v) is 4.93. The van der Waals surface area contributed by atoms with E-state index in [0.717, 1.165) is 0 Å². The number of fused-ring (bicyclic) bond motifs is 1. The van der Waals surface area contributed by atoms with Crippen LogP contribution in [0, 0.1) is 22.7 Å². The lowest BCUT2D eigenvalue weighted by Gasteiger charge is -2.13. The first-order valence-electron chi connectivity index (χ1n) is 6.73. The number of carbonyl (C=O) groups is 2. The van der Waals surface area contributed by atoms with E-state index in [1.165, 1.54) is 19.2 Å². The molecular formula is C15H11ClN6O2. The Morgan fingerprint density at radius 1 is 1.42 bits per heavy atom. The van der Waals surface area contributed by atoms with E-state index in [-0.39, 0.29) is 34.6 Å². The van der Waals surface area contributed by atoms with Crippen LogP contribution in [-0.2, 0) is 11.3 Å². The van der Waals surface area contributed by atoms with E-state index in [4.69, 9.17) is 16.9 Å². The van der Waals surface area contributed by atoms with Gasteiger partial charge in [0.05, 0.1) is 22.2 Å². The third-order valence-electron chi connectivity index (χ3n) is 3.27. The maximum atomic E-state index is 12.1. The van der Waals surface area contributed by atoms with Crippen LogP contribution in [0.1, 0.15) is 21.6 Å². The molecule has 2 aromatic rings. The molecule has 8 nitrogen and oxygen atoms in total. The summed E-state index contributed by atoms with van der Waals surface area (Å²) in [5.74, 6) is -0.498. The Balaban J connectivity index is 2.97. The molecule has 1 N–H and O–H groups in total. The van der Waals surface area contributed by atoms with Crippen molar-refractivity contribution in [3.8, 4) is 12.1 Å². The van der Waals surface area contributed by atoms with Gasteiger partial charge in [0.15, 0.2) is 11.2 Å². The fourth-order valence-electron chi connectivity index (χ4n) is 2.29. The lowest BCUT2D eigenvalue weighted by Crippen LogP contribution is -2.35. The second-order valence-electron chi connectivity index (χ2n) is 4.55. The highest BCUT2D eigenvalue weighted by Crippen LogP contribution is 2.17. The summed E-state index contributed by atoms with van der Waals surface area (Å²) in [6, 6.07) is 6.78. The highest BCUT2D eigenvalue weighted by Gasteiger charge is 2.17. The molecule has 0 atom stereocenters. The molecule has 0 unspecified atom stereocenters. The minimum atomic E-state index is -0.723. The molecule has 0 aliphatic heterocycles. The zero-order chi connectivity index (χ0) is 17.7. The number of nitrogens with zero attached hydrogens (tertiary/aromatic N) is 5. The number of aromatic nitrogens is 2. The van der Waals surface area contributed by atoms with Crippen molar-refractivity contribution in [1.29, 1.82) is 10.5 Å². The maximum Gasteiger partial charge on any atom is 0.280 e. The third-order valence-corrected chi connectivity index (χ3v) is 3.44. The predicted molar refractivity (Wildman–Crippen MR) is 84.9 cm³/mol. The zero-order valence-corrected chi connectivity index (χ0v) is 13.3. The van der Waals surface area contributed by atoms with Crippen LogP contribution in [0.25, 0.3) is 11.0 Å². The van der Waals surface area contributed by atoms with E-state index in [1.54, 1.807) is 4.57 Å². The van der Waals surface area contributed by atoms with Gasteiger partial charge < -0.3 is 4.57 Å². The standard InChI is InChI=1S/C15H11ClN6O2/c1-19-14-13(15(24)20-8-23)21-11-4-9(6-17)10(7-18)5-12(11)22(14)3-2-16/h4-5,8H,2-3H2,1H3,(H,20,23,24)/b19-14+. The number of halogens is 1. The Labute approximate surface area is 141 Å². The highest BCUT2D eigenvalue weighted by atomic mass is 35.5. The smallest absolute Gasteiger partial charge is 0.280 e. The van der Waals surface area contributed by atoms with Crippen LogP contribution in [0.15, 0.2) is 17.1 Å². The summed E-state index contributed by atoms with van der Waals surface area (Å²) < 4.78 is 1.62. The summed E-state index contributed by atoms with van der Waals surface area (Å²) >= 11 is 5.83. The highest BCUT2D eigenvalue weighted by molar-refractivity contribution is 6.17. The van der Waals surface area contributed by atoms with E-state index < -0.39 is 5.91 Å². The van der Waals surface area contributed by atoms with Gasteiger partial charge in [0.25, 0.3) is 5.91 Å². The Morgan fingerprint density at radius 2 is 2.08 bits per heavy atom. The molecule has 0 saturated heterocycles. The molecular weight excluding hydrogens is 332 g/mol. The van der Waals surface area contributed by atoms with Crippen LogP contribution in [-0.4, -0.2) is 34.8 Å². The molecule has 0 aliphatic rings. The van der Waals surface area contributed by atoms with Crippen molar-refractivity contribution in [2.24, 2.45) is 4.99 Å². The van der Waals surface area contributed by atoms with Gasteiger partial charge in [0.1, 0.15) is 12.1 Å². The number of aryl methyl sites for hydroxylation is 1. The molecule has 0 spiro atoms. The summed E-state index contributed by atoms with van der Waals surface area (Å²) in [5, 5.41) is 20.3. The summed E-state index contributed by atoms with van der Waals surface area (Å²) in [5.41, 5.74) is 1.29. The van der Waals surface area contributed by atoms with Gasteiger partial charge in [-0.2, -0.15) is 10.5 Å². The number of alkyl halides is 1. The Hall–Kier alpha value is -3.23. The molecule has 2 amide bonds. The van der Waals surface area contributed by atoms with E-state index in [2.05, 4.69) is 9.98 Å². The number of amides is 2. The molecule has 9 heteroatoms. The molecule has 0 bridgehead atoms. The fourth-order valence-corrected chi connectivity index (χ4v) is 2.46. The molecule has 120 valence electrons. The molecule has 1 aromatic carbocycles. The number of rotatable bonds is 4. The fraction of sp³-hybridized carbons (Fsp3) is 0.200. The normalized spacial score (nSPS) is 10.9. The number of hydrogen-bond donors (Lipinski definition) is 1. The van der Waals surface area contributed by atoms with Crippen LogP contribution in [0.2, 0.25) is 0 Å². The van der Waals surface area contributed by atoms with Gasteiger partial charge in [-0.25, -0.2) is 4.98 Å². The minimum absolute atomic E-state index is 0.0733. The van der Waals surface area contributed by atoms with Crippen LogP contribution >= 0.6 is 11.6 Å². The number of carbonyl (C=O) groups excluding carboxylic acids is 2. The summed E-state index contributed by atoms with van der Waals surface area (Å²) in [7, 11) is 1.47. The molecule has 2 rings (SSSR count). The lowest BCUT2D eigenvalue weighted by atomic mass is 10.1. The van der Waals surface area contributed by atoms with Gasteiger partial charge in [-0.05, 0) is 12.1 Å². The molecule has 0 aliphatic carbocycles. The molecule has 0 saturated carbocycles.